The van der Waals surface area contributed by atoms with Gasteiger partial charge in [-0.1, -0.05) is 32.6 Å². The van der Waals surface area contributed by atoms with E-state index >= 15 is 0 Å². The van der Waals surface area contributed by atoms with Gasteiger partial charge in [0.1, 0.15) is 6.04 Å². The number of hydrogen-bond donors (Lipinski definition) is 1. The lowest BCUT2D eigenvalue weighted by Gasteiger charge is -2.25. The van der Waals surface area contributed by atoms with Gasteiger partial charge in [0.25, 0.3) is 0 Å². The lowest BCUT2D eigenvalue weighted by molar-refractivity contribution is -0.125. The number of rotatable bonds is 5. The van der Waals surface area contributed by atoms with Crippen LogP contribution in [-0.2, 0) is 14.8 Å². The molecule has 0 aromatic heterocycles. The SMILES string of the molecule is CCCS(=O)(=O)N1CCCC1C(=O)NC1CCCCCC1. The molecule has 2 fully saturated rings. The van der Waals surface area contributed by atoms with Gasteiger partial charge < -0.3 is 5.32 Å². The monoisotopic (exact) mass is 316 g/mol. The summed E-state index contributed by atoms with van der Waals surface area (Å²) >= 11 is 0. The van der Waals surface area contributed by atoms with Crippen molar-refractivity contribution in [2.24, 2.45) is 0 Å². The molecule has 6 heteroatoms. The lowest BCUT2D eigenvalue weighted by Crippen LogP contribution is -2.49. The molecule has 0 aromatic carbocycles. The second-order valence-corrected chi connectivity index (χ2v) is 8.32. The maximum Gasteiger partial charge on any atom is 0.238 e. The molecule has 2 aliphatic rings. The van der Waals surface area contributed by atoms with Crippen LogP contribution in [0, 0.1) is 0 Å². The number of hydrogen-bond acceptors (Lipinski definition) is 3. The zero-order valence-electron chi connectivity index (χ0n) is 13.0. The summed E-state index contributed by atoms with van der Waals surface area (Å²) in [6.45, 7) is 2.35. The Labute approximate surface area is 128 Å². The van der Waals surface area contributed by atoms with Crippen molar-refractivity contribution in [3.05, 3.63) is 0 Å². The minimum atomic E-state index is -3.28. The van der Waals surface area contributed by atoms with Crippen molar-refractivity contribution in [1.29, 1.82) is 0 Å². The highest BCUT2D eigenvalue weighted by Gasteiger charge is 2.38. The maximum atomic E-state index is 12.5. The summed E-state index contributed by atoms with van der Waals surface area (Å²) in [5.41, 5.74) is 0. The third-order valence-electron chi connectivity index (χ3n) is 4.53. The van der Waals surface area contributed by atoms with Crippen LogP contribution < -0.4 is 5.32 Å². The van der Waals surface area contributed by atoms with Gasteiger partial charge in [-0.05, 0) is 32.1 Å². The summed E-state index contributed by atoms with van der Waals surface area (Å²) in [6, 6.07) is -0.249. The molecular formula is C15H28N2O3S. The molecule has 5 nitrogen and oxygen atoms in total. The van der Waals surface area contributed by atoms with E-state index in [2.05, 4.69) is 5.32 Å². The Hall–Kier alpha value is -0.620. The van der Waals surface area contributed by atoms with Gasteiger partial charge in [-0.25, -0.2) is 8.42 Å². The molecule has 122 valence electrons. The smallest absolute Gasteiger partial charge is 0.238 e. The normalized spacial score (nSPS) is 25.7. The van der Waals surface area contributed by atoms with Crippen molar-refractivity contribution in [1.82, 2.24) is 9.62 Å². The van der Waals surface area contributed by atoms with E-state index in [-0.39, 0.29) is 17.7 Å². The van der Waals surface area contributed by atoms with Crippen molar-refractivity contribution in [2.75, 3.05) is 12.3 Å². The first-order valence-corrected chi connectivity index (χ1v) is 9.95. The molecule has 1 amide bonds. The van der Waals surface area contributed by atoms with E-state index in [0.29, 0.717) is 19.4 Å². The summed E-state index contributed by atoms with van der Waals surface area (Å²) < 4.78 is 25.9. The second kappa shape index (κ2) is 7.58. The van der Waals surface area contributed by atoms with E-state index in [1.807, 2.05) is 6.92 Å². The molecule has 2 rings (SSSR count). The van der Waals surface area contributed by atoms with E-state index in [4.69, 9.17) is 0 Å². The van der Waals surface area contributed by atoms with Gasteiger partial charge in [0.05, 0.1) is 5.75 Å². The average molecular weight is 316 g/mol. The predicted octanol–water partition coefficient (Wildman–Crippen LogP) is 2.03. The van der Waals surface area contributed by atoms with Crippen LogP contribution in [0.5, 0.6) is 0 Å². The molecule has 1 unspecified atom stereocenters. The second-order valence-electron chi connectivity index (χ2n) is 6.28. The highest BCUT2D eigenvalue weighted by molar-refractivity contribution is 7.89. The molecular weight excluding hydrogens is 288 g/mol. The summed E-state index contributed by atoms with van der Waals surface area (Å²) in [5, 5.41) is 3.10. The Kier molecular flexibility index (Phi) is 6.05. The first kappa shape index (κ1) is 16.7. The van der Waals surface area contributed by atoms with E-state index in [1.165, 1.54) is 17.1 Å². The van der Waals surface area contributed by atoms with Crippen LogP contribution in [0.1, 0.15) is 64.7 Å². The fraction of sp³-hybridized carbons (Fsp3) is 0.933. The zero-order chi connectivity index (χ0) is 15.3. The summed E-state index contributed by atoms with van der Waals surface area (Å²) in [4.78, 5) is 12.5. The first-order chi connectivity index (χ1) is 10.0. The minimum absolute atomic E-state index is 0.0842. The van der Waals surface area contributed by atoms with E-state index in [9.17, 15) is 13.2 Å². The van der Waals surface area contributed by atoms with Crippen molar-refractivity contribution in [3.8, 4) is 0 Å². The van der Waals surface area contributed by atoms with Gasteiger partial charge in [0, 0.05) is 12.6 Å². The van der Waals surface area contributed by atoms with Gasteiger partial charge in [0.15, 0.2) is 0 Å². The number of carbonyl (C=O) groups is 1. The Bertz CT molecular complexity index is 442. The van der Waals surface area contributed by atoms with Crippen molar-refractivity contribution in [3.63, 3.8) is 0 Å². The highest BCUT2D eigenvalue weighted by atomic mass is 32.2. The van der Waals surface area contributed by atoms with Gasteiger partial charge in [0.2, 0.25) is 15.9 Å². The minimum Gasteiger partial charge on any atom is -0.352 e. The third kappa shape index (κ3) is 4.42. The number of nitrogens with one attached hydrogen (secondary N) is 1. The van der Waals surface area contributed by atoms with Crippen LogP contribution in [0.2, 0.25) is 0 Å². The molecule has 1 aliphatic carbocycles. The van der Waals surface area contributed by atoms with Crippen LogP contribution in [0.3, 0.4) is 0 Å². The fourth-order valence-electron chi connectivity index (χ4n) is 3.43. The third-order valence-corrected chi connectivity index (χ3v) is 6.60. The molecule has 1 saturated carbocycles. The molecule has 21 heavy (non-hydrogen) atoms. The number of carbonyl (C=O) groups excluding carboxylic acids is 1. The number of nitrogens with zero attached hydrogens (tertiary/aromatic N) is 1. The van der Waals surface area contributed by atoms with Crippen LogP contribution >= 0.6 is 0 Å². The fourth-order valence-corrected chi connectivity index (χ4v) is 5.18. The molecule has 0 radical (unpaired) electrons. The maximum absolute atomic E-state index is 12.5. The number of amides is 1. The van der Waals surface area contributed by atoms with Crippen molar-refractivity contribution < 1.29 is 13.2 Å². The first-order valence-electron chi connectivity index (χ1n) is 8.34. The Morgan fingerprint density at radius 3 is 2.38 bits per heavy atom. The molecule has 1 N–H and O–H groups in total. The number of sulfonamides is 1. The Morgan fingerprint density at radius 2 is 1.76 bits per heavy atom. The molecule has 0 aromatic rings. The van der Waals surface area contributed by atoms with E-state index in [1.54, 1.807) is 0 Å². The van der Waals surface area contributed by atoms with E-state index in [0.717, 1.165) is 32.1 Å². The lowest BCUT2D eigenvalue weighted by atomic mass is 10.1. The summed E-state index contributed by atoms with van der Waals surface area (Å²) in [6.07, 6.45) is 8.89. The van der Waals surface area contributed by atoms with Crippen molar-refractivity contribution >= 4 is 15.9 Å². The molecule has 1 heterocycles. The highest BCUT2D eigenvalue weighted by Crippen LogP contribution is 2.23. The Morgan fingerprint density at radius 1 is 1.10 bits per heavy atom. The average Bonchev–Trinajstić information content (AvgIpc) is 2.80. The summed E-state index contributed by atoms with van der Waals surface area (Å²) in [5.74, 6) is 0.0549. The topological polar surface area (TPSA) is 66.5 Å². The molecule has 1 atom stereocenters. The Balaban J connectivity index is 1.97. The van der Waals surface area contributed by atoms with Crippen molar-refractivity contribution in [2.45, 2.75) is 76.8 Å². The van der Waals surface area contributed by atoms with Crippen LogP contribution in [0.4, 0.5) is 0 Å². The van der Waals surface area contributed by atoms with Crippen LogP contribution in [0.25, 0.3) is 0 Å². The standard InChI is InChI=1S/C15H28N2O3S/c1-2-12-21(19,20)17-11-7-10-14(17)15(18)16-13-8-5-3-4-6-9-13/h13-14H,2-12H2,1H3,(H,16,18). The predicted molar refractivity (Wildman–Crippen MR) is 83.4 cm³/mol. The van der Waals surface area contributed by atoms with Crippen LogP contribution in [-0.4, -0.2) is 43.0 Å². The molecule has 0 bridgehead atoms. The molecule has 0 spiro atoms. The quantitative estimate of drug-likeness (QED) is 0.789. The molecule has 1 aliphatic heterocycles. The molecule has 1 saturated heterocycles. The van der Waals surface area contributed by atoms with Gasteiger partial charge in [-0.15, -0.1) is 0 Å². The summed E-state index contributed by atoms with van der Waals surface area (Å²) in [7, 11) is -3.28. The van der Waals surface area contributed by atoms with Gasteiger partial charge in [-0.3, -0.25) is 4.79 Å². The van der Waals surface area contributed by atoms with Gasteiger partial charge >= 0.3 is 0 Å². The largest absolute Gasteiger partial charge is 0.352 e. The van der Waals surface area contributed by atoms with Gasteiger partial charge in [-0.2, -0.15) is 4.31 Å². The zero-order valence-corrected chi connectivity index (χ0v) is 13.8. The van der Waals surface area contributed by atoms with Crippen LogP contribution in [0.15, 0.2) is 0 Å². The van der Waals surface area contributed by atoms with E-state index < -0.39 is 16.1 Å².